The van der Waals surface area contributed by atoms with Crippen LogP contribution >= 0.6 is 0 Å². The van der Waals surface area contributed by atoms with Gasteiger partial charge in [0.05, 0.1) is 0 Å². The lowest BCUT2D eigenvalue weighted by molar-refractivity contribution is 0.730. The third-order valence-electron chi connectivity index (χ3n) is 1.58. The van der Waals surface area contributed by atoms with E-state index in [4.69, 9.17) is 0 Å². The molecule has 0 bridgehead atoms. The fourth-order valence-corrected chi connectivity index (χ4v) is 0.932. The van der Waals surface area contributed by atoms with Gasteiger partial charge >= 0.3 is 0 Å². The normalized spacial score (nSPS) is 16.3. The Morgan fingerprint density at radius 2 is 2.00 bits per heavy atom. The monoisotopic (exact) mass is 141 g/mol. The van der Waals surface area contributed by atoms with Crippen molar-refractivity contribution in [3.63, 3.8) is 0 Å². The van der Waals surface area contributed by atoms with Gasteiger partial charge in [-0.25, -0.2) is 0 Å². The highest BCUT2D eigenvalue weighted by molar-refractivity contribution is 5.12. The van der Waals surface area contributed by atoms with Gasteiger partial charge in [0.15, 0.2) is 0 Å². The molecule has 60 valence electrons. The van der Waals surface area contributed by atoms with E-state index in [1.165, 1.54) is 0 Å². The minimum Gasteiger partial charge on any atom is -0.310 e. The van der Waals surface area contributed by atoms with E-state index < -0.39 is 0 Å². The molecule has 0 saturated carbocycles. The highest BCUT2D eigenvalue weighted by Gasteiger charge is 2.05. The summed E-state index contributed by atoms with van der Waals surface area (Å²) in [5.74, 6) is 0.741. The minimum atomic E-state index is 0.741. The molecule has 0 aromatic heterocycles. The van der Waals surface area contributed by atoms with Crippen molar-refractivity contribution in [3.05, 3.63) is 11.6 Å². The maximum Gasteiger partial charge on any atom is 0.0170 e. The van der Waals surface area contributed by atoms with Crippen molar-refractivity contribution in [1.29, 1.82) is 0 Å². The lowest BCUT2D eigenvalue weighted by atomic mass is 10.1. The molecule has 1 N–H and O–H groups in total. The highest BCUT2D eigenvalue weighted by Crippen LogP contribution is 2.10. The zero-order valence-electron chi connectivity index (χ0n) is 7.57. The first-order valence-corrected chi connectivity index (χ1v) is 4.20. The molecule has 0 radical (unpaired) electrons. The van der Waals surface area contributed by atoms with Gasteiger partial charge in [-0.1, -0.05) is 39.3 Å². The van der Waals surface area contributed by atoms with Crippen molar-refractivity contribution in [2.45, 2.75) is 27.7 Å². The molecule has 0 saturated heterocycles. The molecule has 0 aromatic carbocycles. The van der Waals surface area contributed by atoms with Crippen LogP contribution in [0.4, 0.5) is 0 Å². The van der Waals surface area contributed by atoms with Gasteiger partial charge in [0.25, 0.3) is 0 Å². The largest absolute Gasteiger partial charge is 0.310 e. The molecule has 0 aromatic rings. The van der Waals surface area contributed by atoms with E-state index in [0.29, 0.717) is 0 Å². The Kier molecular flexibility index (Phi) is 5.32. The Morgan fingerprint density at radius 3 is 2.20 bits per heavy atom. The summed E-state index contributed by atoms with van der Waals surface area (Å²) in [7, 11) is 0. The van der Waals surface area contributed by atoms with E-state index in [1.54, 1.807) is 5.57 Å². The summed E-state index contributed by atoms with van der Waals surface area (Å²) in [6.45, 7) is 10.7. The fraction of sp³-hybridized carbons (Fsp3) is 0.778. The standard InChI is InChI=1S/C7H13N.C2H6/c1-6(2)7-3-4-8-5-7;1-2/h3,6,8H,4-5H2,1-2H3;1-2H3. The first-order chi connectivity index (χ1) is 4.80. The third-order valence-corrected chi connectivity index (χ3v) is 1.58. The van der Waals surface area contributed by atoms with Gasteiger partial charge in [0.2, 0.25) is 0 Å². The molecule has 0 unspecified atom stereocenters. The smallest absolute Gasteiger partial charge is 0.0170 e. The first-order valence-electron chi connectivity index (χ1n) is 4.20. The molecule has 1 nitrogen and oxygen atoms in total. The molecular weight excluding hydrogens is 122 g/mol. The molecule has 10 heavy (non-hydrogen) atoms. The van der Waals surface area contributed by atoms with Gasteiger partial charge in [0, 0.05) is 13.1 Å². The molecule has 1 heterocycles. The highest BCUT2D eigenvalue weighted by atomic mass is 14.9. The van der Waals surface area contributed by atoms with E-state index >= 15 is 0 Å². The zero-order chi connectivity index (χ0) is 7.98. The Hall–Kier alpha value is -0.300. The SMILES string of the molecule is CC.CC(C)C1=CCNC1. The number of nitrogens with one attached hydrogen (secondary N) is 1. The second-order valence-corrected chi connectivity index (χ2v) is 2.56. The molecule has 1 heteroatoms. The molecule has 1 rings (SSSR count). The van der Waals surface area contributed by atoms with E-state index in [9.17, 15) is 0 Å². The predicted molar refractivity (Wildman–Crippen MR) is 47.1 cm³/mol. The van der Waals surface area contributed by atoms with Crippen LogP contribution in [0.25, 0.3) is 0 Å². The van der Waals surface area contributed by atoms with Crippen LogP contribution in [0.15, 0.2) is 11.6 Å². The Bertz CT molecular complexity index is 103. The van der Waals surface area contributed by atoms with Crippen LogP contribution in [0.1, 0.15) is 27.7 Å². The van der Waals surface area contributed by atoms with E-state index in [0.717, 1.165) is 19.0 Å². The summed E-state index contributed by atoms with van der Waals surface area (Å²) in [6, 6.07) is 0. The van der Waals surface area contributed by atoms with Crippen molar-refractivity contribution in [2.75, 3.05) is 13.1 Å². The average Bonchev–Trinajstić information content (AvgIpc) is 2.42. The van der Waals surface area contributed by atoms with Crippen molar-refractivity contribution >= 4 is 0 Å². The summed E-state index contributed by atoms with van der Waals surface area (Å²) in [6.07, 6.45) is 2.28. The first kappa shape index (κ1) is 9.70. The molecule has 0 amide bonds. The average molecular weight is 141 g/mol. The van der Waals surface area contributed by atoms with E-state index in [-0.39, 0.29) is 0 Å². The number of hydrogen-bond acceptors (Lipinski definition) is 1. The van der Waals surface area contributed by atoms with Gasteiger partial charge in [0.1, 0.15) is 0 Å². The number of rotatable bonds is 1. The second kappa shape index (κ2) is 5.48. The quantitative estimate of drug-likeness (QED) is 0.552. The summed E-state index contributed by atoms with van der Waals surface area (Å²) in [5, 5.41) is 3.26. The fourth-order valence-electron chi connectivity index (χ4n) is 0.932. The summed E-state index contributed by atoms with van der Waals surface area (Å²) < 4.78 is 0. The third kappa shape index (κ3) is 3.02. The van der Waals surface area contributed by atoms with Gasteiger partial charge < -0.3 is 5.32 Å². The number of hydrogen-bond donors (Lipinski definition) is 1. The van der Waals surface area contributed by atoms with Gasteiger partial charge in [-0.3, -0.25) is 0 Å². The second-order valence-electron chi connectivity index (χ2n) is 2.56. The zero-order valence-corrected chi connectivity index (χ0v) is 7.57. The Morgan fingerprint density at radius 1 is 1.40 bits per heavy atom. The van der Waals surface area contributed by atoms with Crippen molar-refractivity contribution in [2.24, 2.45) is 5.92 Å². The predicted octanol–water partition coefficient (Wildman–Crippen LogP) is 2.20. The molecule has 1 aliphatic rings. The lowest BCUT2D eigenvalue weighted by Crippen LogP contribution is -2.09. The molecule has 0 aliphatic carbocycles. The maximum absolute atomic E-state index is 3.26. The van der Waals surface area contributed by atoms with Crippen LogP contribution in [0.3, 0.4) is 0 Å². The van der Waals surface area contributed by atoms with Crippen LogP contribution in [-0.4, -0.2) is 13.1 Å². The van der Waals surface area contributed by atoms with Crippen molar-refractivity contribution in [1.82, 2.24) is 5.32 Å². The molecule has 0 spiro atoms. The van der Waals surface area contributed by atoms with Gasteiger partial charge in [-0.05, 0) is 5.92 Å². The Balaban J connectivity index is 0.000000371. The van der Waals surface area contributed by atoms with E-state index in [1.807, 2.05) is 13.8 Å². The topological polar surface area (TPSA) is 12.0 Å². The van der Waals surface area contributed by atoms with Crippen LogP contribution < -0.4 is 5.32 Å². The maximum atomic E-state index is 3.26. The van der Waals surface area contributed by atoms with Crippen LogP contribution in [-0.2, 0) is 0 Å². The molecule has 0 fully saturated rings. The van der Waals surface area contributed by atoms with Gasteiger partial charge in [-0.2, -0.15) is 0 Å². The minimum absolute atomic E-state index is 0.741. The van der Waals surface area contributed by atoms with Crippen molar-refractivity contribution < 1.29 is 0 Å². The van der Waals surface area contributed by atoms with E-state index in [2.05, 4.69) is 25.2 Å². The van der Waals surface area contributed by atoms with Crippen LogP contribution in [0.2, 0.25) is 0 Å². The van der Waals surface area contributed by atoms with Crippen molar-refractivity contribution in [3.8, 4) is 0 Å². The summed E-state index contributed by atoms with van der Waals surface area (Å²) in [4.78, 5) is 0. The van der Waals surface area contributed by atoms with Crippen LogP contribution in [0, 0.1) is 5.92 Å². The molecule has 1 aliphatic heterocycles. The Labute approximate surface area is 64.5 Å². The molecule has 0 atom stereocenters. The lowest BCUT2D eigenvalue weighted by Gasteiger charge is -2.02. The summed E-state index contributed by atoms with van der Waals surface area (Å²) in [5.41, 5.74) is 1.56. The van der Waals surface area contributed by atoms with Gasteiger partial charge in [-0.15, -0.1) is 0 Å². The summed E-state index contributed by atoms with van der Waals surface area (Å²) >= 11 is 0. The van der Waals surface area contributed by atoms with Crippen LogP contribution in [0.5, 0.6) is 0 Å². The molecular formula is C9H19N.